The Labute approximate surface area is 126 Å². The number of aliphatic imine (C=N–C) groups is 1. The molecule has 1 unspecified atom stereocenters. The van der Waals surface area contributed by atoms with Gasteiger partial charge in [-0.15, -0.1) is 0 Å². The predicted molar refractivity (Wildman–Crippen MR) is 87.6 cm³/mol. The van der Waals surface area contributed by atoms with Gasteiger partial charge in [0.2, 0.25) is 0 Å². The number of nitrogens with one attached hydrogen (secondary N) is 2. The summed E-state index contributed by atoms with van der Waals surface area (Å²) in [7, 11) is 0. The second kappa shape index (κ2) is 9.29. The lowest BCUT2D eigenvalue weighted by atomic mass is 10.1. The van der Waals surface area contributed by atoms with Crippen LogP contribution >= 0.6 is 11.8 Å². The third-order valence-electron chi connectivity index (χ3n) is 3.61. The zero-order valence-electron chi connectivity index (χ0n) is 12.5. The van der Waals surface area contributed by atoms with Crippen molar-refractivity contribution in [2.45, 2.75) is 38.6 Å². The Morgan fingerprint density at radius 3 is 3.20 bits per heavy atom. The first-order valence-corrected chi connectivity index (χ1v) is 8.92. The summed E-state index contributed by atoms with van der Waals surface area (Å²) in [5.41, 5.74) is 1.49. The van der Waals surface area contributed by atoms with Crippen LogP contribution < -0.4 is 10.6 Å². The molecule has 114 valence electrons. The second-order valence-electron chi connectivity index (χ2n) is 5.26. The minimum Gasteiger partial charge on any atom is -0.377 e. The van der Waals surface area contributed by atoms with E-state index in [2.05, 4.69) is 23.6 Å². The number of guanidine groups is 1. The molecule has 2 N–H and O–H groups in total. The van der Waals surface area contributed by atoms with Crippen LogP contribution in [0.1, 0.15) is 32.6 Å². The van der Waals surface area contributed by atoms with Crippen molar-refractivity contribution in [2.24, 2.45) is 4.99 Å². The van der Waals surface area contributed by atoms with Gasteiger partial charge in [0.1, 0.15) is 0 Å². The Hall–Kier alpha value is -0.680. The van der Waals surface area contributed by atoms with Crippen LogP contribution in [0.4, 0.5) is 0 Å². The molecule has 0 spiro atoms. The molecule has 20 heavy (non-hydrogen) atoms. The van der Waals surface area contributed by atoms with Crippen LogP contribution in [-0.4, -0.2) is 49.8 Å². The van der Waals surface area contributed by atoms with E-state index in [0.29, 0.717) is 6.04 Å². The normalized spacial score (nSPS) is 24.1. The number of hydrogen-bond acceptors (Lipinski definition) is 3. The lowest BCUT2D eigenvalue weighted by molar-refractivity contribution is 0.153. The van der Waals surface area contributed by atoms with E-state index in [9.17, 15) is 0 Å². The SMILES string of the molecule is CCNC(=NCCC1=CCOCC1)NC1CCCSC1. The Bertz CT molecular complexity index is 338. The molecule has 0 aromatic heterocycles. The second-order valence-corrected chi connectivity index (χ2v) is 6.41. The van der Waals surface area contributed by atoms with Crippen LogP contribution in [0.2, 0.25) is 0 Å². The van der Waals surface area contributed by atoms with Crippen LogP contribution in [-0.2, 0) is 4.74 Å². The van der Waals surface area contributed by atoms with Crippen LogP contribution in [0, 0.1) is 0 Å². The zero-order valence-corrected chi connectivity index (χ0v) is 13.3. The summed E-state index contributed by atoms with van der Waals surface area (Å²) in [6.45, 7) is 5.54. The molecule has 1 fully saturated rings. The van der Waals surface area contributed by atoms with Crippen molar-refractivity contribution in [2.75, 3.05) is 37.8 Å². The quantitative estimate of drug-likeness (QED) is 0.464. The van der Waals surface area contributed by atoms with Gasteiger partial charge in [-0.05, 0) is 38.4 Å². The van der Waals surface area contributed by atoms with Gasteiger partial charge in [0.15, 0.2) is 5.96 Å². The molecule has 1 saturated heterocycles. The van der Waals surface area contributed by atoms with E-state index < -0.39 is 0 Å². The molecule has 4 nitrogen and oxygen atoms in total. The maximum absolute atomic E-state index is 5.33. The zero-order chi connectivity index (χ0) is 14.0. The van der Waals surface area contributed by atoms with E-state index in [0.717, 1.165) is 45.1 Å². The Morgan fingerprint density at radius 2 is 2.50 bits per heavy atom. The van der Waals surface area contributed by atoms with Gasteiger partial charge < -0.3 is 15.4 Å². The summed E-state index contributed by atoms with van der Waals surface area (Å²) in [6.07, 6.45) is 6.91. The summed E-state index contributed by atoms with van der Waals surface area (Å²) in [5.74, 6) is 3.49. The molecule has 0 aromatic carbocycles. The largest absolute Gasteiger partial charge is 0.377 e. The lowest BCUT2D eigenvalue weighted by Crippen LogP contribution is -2.45. The molecule has 1 atom stereocenters. The molecule has 2 heterocycles. The van der Waals surface area contributed by atoms with Crippen molar-refractivity contribution in [1.29, 1.82) is 0 Å². The van der Waals surface area contributed by atoms with Gasteiger partial charge >= 0.3 is 0 Å². The summed E-state index contributed by atoms with van der Waals surface area (Å²) in [5, 5.41) is 6.92. The van der Waals surface area contributed by atoms with Crippen molar-refractivity contribution >= 4 is 17.7 Å². The fourth-order valence-electron chi connectivity index (χ4n) is 2.47. The average Bonchev–Trinajstić information content (AvgIpc) is 2.49. The number of thioether (sulfide) groups is 1. The molecule has 0 aliphatic carbocycles. The first-order chi connectivity index (χ1) is 9.88. The standard InChI is InChI=1S/C15H27N3OS/c1-2-16-15(18-14-4-3-11-20-12-14)17-8-5-13-6-9-19-10-7-13/h6,14H,2-5,7-12H2,1H3,(H2,16,17,18). The Balaban J connectivity index is 1.76. The molecule has 0 aromatic rings. The topological polar surface area (TPSA) is 45.7 Å². The van der Waals surface area contributed by atoms with Crippen molar-refractivity contribution in [3.05, 3.63) is 11.6 Å². The molecule has 0 saturated carbocycles. The third kappa shape index (κ3) is 5.75. The number of hydrogen-bond donors (Lipinski definition) is 2. The van der Waals surface area contributed by atoms with E-state index in [4.69, 9.17) is 9.73 Å². The first-order valence-electron chi connectivity index (χ1n) is 7.76. The van der Waals surface area contributed by atoms with Gasteiger partial charge in [0, 0.05) is 24.9 Å². The monoisotopic (exact) mass is 297 g/mol. The van der Waals surface area contributed by atoms with Crippen LogP contribution in [0.15, 0.2) is 16.6 Å². The molecule has 2 aliphatic rings. The highest BCUT2D eigenvalue weighted by Crippen LogP contribution is 2.16. The summed E-state index contributed by atoms with van der Waals surface area (Å²) >= 11 is 2.04. The third-order valence-corrected chi connectivity index (χ3v) is 4.82. The van der Waals surface area contributed by atoms with E-state index >= 15 is 0 Å². The van der Waals surface area contributed by atoms with Gasteiger partial charge in [0.25, 0.3) is 0 Å². The number of rotatable bonds is 5. The molecule has 2 aliphatic heterocycles. The number of ether oxygens (including phenoxy) is 1. The van der Waals surface area contributed by atoms with Gasteiger partial charge in [-0.2, -0.15) is 11.8 Å². The van der Waals surface area contributed by atoms with Gasteiger partial charge in [-0.1, -0.05) is 11.6 Å². The number of nitrogens with zero attached hydrogens (tertiary/aromatic N) is 1. The van der Waals surface area contributed by atoms with E-state index in [1.54, 1.807) is 0 Å². The molecule has 0 radical (unpaired) electrons. The van der Waals surface area contributed by atoms with Crippen molar-refractivity contribution < 1.29 is 4.74 Å². The highest BCUT2D eigenvalue weighted by molar-refractivity contribution is 7.99. The van der Waals surface area contributed by atoms with Crippen molar-refractivity contribution in [3.8, 4) is 0 Å². The first kappa shape index (κ1) is 15.7. The maximum Gasteiger partial charge on any atom is 0.191 e. The summed E-state index contributed by atoms with van der Waals surface area (Å²) in [6, 6.07) is 0.578. The van der Waals surface area contributed by atoms with E-state index in [-0.39, 0.29) is 0 Å². The molecule has 2 rings (SSSR count). The van der Waals surface area contributed by atoms with Gasteiger partial charge in [-0.3, -0.25) is 4.99 Å². The molecule has 0 bridgehead atoms. The fourth-order valence-corrected chi connectivity index (χ4v) is 3.54. The van der Waals surface area contributed by atoms with Gasteiger partial charge in [-0.25, -0.2) is 0 Å². The Morgan fingerprint density at radius 1 is 1.55 bits per heavy atom. The summed E-state index contributed by atoms with van der Waals surface area (Å²) in [4.78, 5) is 4.71. The maximum atomic E-state index is 5.33. The molecular weight excluding hydrogens is 270 g/mol. The highest BCUT2D eigenvalue weighted by atomic mass is 32.2. The minimum absolute atomic E-state index is 0.578. The smallest absolute Gasteiger partial charge is 0.191 e. The average molecular weight is 297 g/mol. The van der Waals surface area contributed by atoms with Crippen LogP contribution in [0.5, 0.6) is 0 Å². The van der Waals surface area contributed by atoms with E-state index in [1.807, 2.05) is 11.8 Å². The minimum atomic E-state index is 0.578. The predicted octanol–water partition coefficient (Wildman–Crippen LogP) is 2.17. The van der Waals surface area contributed by atoms with E-state index in [1.165, 1.54) is 29.9 Å². The molecular formula is C15H27N3OS. The molecule has 5 heteroatoms. The van der Waals surface area contributed by atoms with Gasteiger partial charge in [0.05, 0.1) is 13.2 Å². The van der Waals surface area contributed by atoms with Crippen LogP contribution in [0.25, 0.3) is 0 Å². The fraction of sp³-hybridized carbons (Fsp3) is 0.800. The summed E-state index contributed by atoms with van der Waals surface area (Å²) < 4.78 is 5.33. The lowest BCUT2D eigenvalue weighted by Gasteiger charge is -2.24. The molecule has 0 amide bonds. The highest BCUT2D eigenvalue weighted by Gasteiger charge is 2.14. The Kier molecular flexibility index (Phi) is 7.30. The van der Waals surface area contributed by atoms with Crippen molar-refractivity contribution in [3.63, 3.8) is 0 Å². The van der Waals surface area contributed by atoms with Crippen LogP contribution in [0.3, 0.4) is 0 Å². The van der Waals surface area contributed by atoms with Crippen molar-refractivity contribution in [1.82, 2.24) is 10.6 Å².